The van der Waals surface area contributed by atoms with Gasteiger partial charge in [0.05, 0.1) is 11.5 Å². The Balaban J connectivity index is 4.78. The van der Waals surface area contributed by atoms with Gasteiger partial charge in [-0.2, -0.15) is 0 Å². The average Bonchev–Trinajstić information content (AvgIpc) is 2.02. The Morgan fingerprint density at radius 1 is 1.31 bits per heavy atom. The highest BCUT2D eigenvalue weighted by Crippen LogP contribution is 2.36. The normalized spacial score (nSPS) is 15.5. The second-order valence-electron chi connectivity index (χ2n) is 4.77. The average molecular weight is 188 g/mol. The second kappa shape index (κ2) is 3.66. The van der Waals surface area contributed by atoms with Gasteiger partial charge in [0, 0.05) is 0 Å². The van der Waals surface area contributed by atoms with Crippen LogP contribution in [0, 0.1) is 10.8 Å². The first kappa shape index (κ1) is 12.4. The van der Waals surface area contributed by atoms with Gasteiger partial charge in [0.25, 0.3) is 0 Å². The Morgan fingerprint density at radius 3 is 1.92 bits per heavy atom. The van der Waals surface area contributed by atoms with E-state index in [0.717, 1.165) is 6.42 Å². The SMILES string of the molecule is CCC(C)(C)C(O)C(C)(C)C(=O)O. The van der Waals surface area contributed by atoms with E-state index in [-0.39, 0.29) is 5.41 Å². The molecule has 0 aliphatic carbocycles. The molecule has 0 radical (unpaired) electrons. The van der Waals surface area contributed by atoms with Crippen LogP contribution in [0.5, 0.6) is 0 Å². The second-order valence-corrected chi connectivity index (χ2v) is 4.77. The van der Waals surface area contributed by atoms with Crippen molar-refractivity contribution >= 4 is 5.97 Å². The molecule has 0 aromatic heterocycles. The summed E-state index contributed by atoms with van der Waals surface area (Å²) in [7, 11) is 0. The summed E-state index contributed by atoms with van der Waals surface area (Å²) >= 11 is 0. The Labute approximate surface area is 79.8 Å². The first-order valence-electron chi connectivity index (χ1n) is 4.57. The van der Waals surface area contributed by atoms with Crippen molar-refractivity contribution in [2.75, 3.05) is 0 Å². The van der Waals surface area contributed by atoms with E-state index in [4.69, 9.17) is 5.11 Å². The van der Waals surface area contributed by atoms with Gasteiger partial charge in [-0.1, -0.05) is 20.8 Å². The molecule has 0 saturated carbocycles. The predicted octanol–water partition coefficient (Wildman–Crippen LogP) is 1.89. The van der Waals surface area contributed by atoms with Crippen molar-refractivity contribution in [2.24, 2.45) is 10.8 Å². The molecule has 0 amide bonds. The van der Waals surface area contributed by atoms with Crippen LogP contribution in [0.1, 0.15) is 41.0 Å². The van der Waals surface area contributed by atoms with E-state index < -0.39 is 17.5 Å². The molecule has 0 heterocycles. The van der Waals surface area contributed by atoms with Gasteiger partial charge in [0.15, 0.2) is 0 Å². The number of aliphatic carboxylic acids is 1. The fraction of sp³-hybridized carbons (Fsp3) is 0.900. The van der Waals surface area contributed by atoms with E-state index in [9.17, 15) is 9.90 Å². The molecule has 1 atom stereocenters. The van der Waals surface area contributed by atoms with E-state index in [1.54, 1.807) is 13.8 Å². The molecule has 0 spiro atoms. The maximum atomic E-state index is 10.9. The van der Waals surface area contributed by atoms with Crippen molar-refractivity contribution in [3.05, 3.63) is 0 Å². The first-order chi connectivity index (χ1) is 5.66. The van der Waals surface area contributed by atoms with Crippen molar-refractivity contribution < 1.29 is 15.0 Å². The lowest BCUT2D eigenvalue weighted by Gasteiger charge is -2.37. The topological polar surface area (TPSA) is 57.5 Å². The molecular formula is C10H20O3. The van der Waals surface area contributed by atoms with Crippen molar-refractivity contribution in [1.82, 2.24) is 0 Å². The third-order valence-corrected chi connectivity index (χ3v) is 2.89. The molecule has 0 aromatic rings. The highest BCUT2D eigenvalue weighted by Gasteiger charge is 2.43. The molecule has 1 unspecified atom stereocenters. The van der Waals surface area contributed by atoms with Gasteiger partial charge in [-0.3, -0.25) is 4.79 Å². The summed E-state index contributed by atoms with van der Waals surface area (Å²) in [5.74, 6) is -0.957. The molecule has 0 rings (SSSR count). The lowest BCUT2D eigenvalue weighted by molar-refractivity contribution is -0.159. The smallest absolute Gasteiger partial charge is 0.311 e. The summed E-state index contributed by atoms with van der Waals surface area (Å²) < 4.78 is 0. The van der Waals surface area contributed by atoms with Gasteiger partial charge in [0.2, 0.25) is 0 Å². The fourth-order valence-electron chi connectivity index (χ4n) is 1.29. The highest BCUT2D eigenvalue weighted by atomic mass is 16.4. The van der Waals surface area contributed by atoms with Crippen LogP contribution >= 0.6 is 0 Å². The van der Waals surface area contributed by atoms with Gasteiger partial charge < -0.3 is 10.2 Å². The van der Waals surface area contributed by atoms with Gasteiger partial charge in [-0.25, -0.2) is 0 Å². The molecular weight excluding hydrogens is 168 g/mol. The zero-order chi connectivity index (χ0) is 10.9. The molecule has 78 valence electrons. The van der Waals surface area contributed by atoms with E-state index in [2.05, 4.69) is 0 Å². The number of rotatable bonds is 4. The van der Waals surface area contributed by atoms with Gasteiger partial charge >= 0.3 is 5.97 Å². The summed E-state index contributed by atoms with van der Waals surface area (Å²) in [6, 6.07) is 0. The summed E-state index contributed by atoms with van der Waals surface area (Å²) in [6.07, 6.45) is -0.0762. The number of hydrogen-bond acceptors (Lipinski definition) is 2. The molecule has 3 heteroatoms. The van der Waals surface area contributed by atoms with E-state index >= 15 is 0 Å². The fourth-order valence-corrected chi connectivity index (χ4v) is 1.29. The lowest BCUT2D eigenvalue weighted by Crippen LogP contribution is -2.45. The summed E-state index contributed by atoms with van der Waals surface area (Å²) in [5, 5.41) is 18.8. The Kier molecular flexibility index (Phi) is 3.50. The molecule has 0 aliphatic rings. The van der Waals surface area contributed by atoms with Crippen LogP contribution in [0.3, 0.4) is 0 Å². The zero-order valence-corrected chi connectivity index (χ0v) is 9.09. The molecule has 0 saturated heterocycles. The van der Waals surface area contributed by atoms with Crippen LogP contribution in [0.4, 0.5) is 0 Å². The Bertz CT molecular complexity index is 194. The number of carboxylic acid groups (broad SMARTS) is 1. The molecule has 2 N–H and O–H groups in total. The molecule has 0 bridgehead atoms. The van der Waals surface area contributed by atoms with Crippen molar-refractivity contribution in [2.45, 2.75) is 47.1 Å². The van der Waals surface area contributed by atoms with Crippen LogP contribution in [-0.2, 0) is 4.79 Å². The summed E-state index contributed by atoms with van der Waals surface area (Å²) in [5.41, 5.74) is -1.44. The van der Waals surface area contributed by atoms with Gasteiger partial charge in [-0.05, 0) is 25.7 Å². The van der Waals surface area contributed by atoms with Gasteiger partial charge in [-0.15, -0.1) is 0 Å². The monoisotopic (exact) mass is 188 g/mol. The van der Waals surface area contributed by atoms with Crippen molar-refractivity contribution in [1.29, 1.82) is 0 Å². The number of carbonyl (C=O) groups is 1. The standard InChI is InChI=1S/C10H20O3/c1-6-9(2,3)7(11)10(4,5)8(12)13/h7,11H,6H2,1-5H3,(H,12,13). The van der Waals surface area contributed by atoms with E-state index in [1.807, 2.05) is 20.8 Å². The summed E-state index contributed by atoms with van der Waals surface area (Å²) in [4.78, 5) is 10.9. The first-order valence-corrected chi connectivity index (χ1v) is 4.57. The van der Waals surface area contributed by atoms with Crippen LogP contribution in [-0.4, -0.2) is 22.3 Å². The molecule has 13 heavy (non-hydrogen) atoms. The maximum absolute atomic E-state index is 10.9. The van der Waals surface area contributed by atoms with E-state index in [0.29, 0.717) is 0 Å². The lowest BCUT2D eigenvalue weighted by atomic mass is 9.71. The quantitative estimate of drug-likeness (QED) is 0.708. The van der Waals surface area contributed by atoms with Crippen LogP contribution in [0.2, 0.25) is 0 Å². The van der Waals surface area contributed by atoms with Crippen LogP contribution in [0.15, 0.2) is 0 Å². The van der Waals surface area contributed by atoms with Crippen molar-refractivity contribution in [3.63, 3.8) is 0 Å². The third kappa shape index (κ3) is 2.44. The zero-order valence-electron chi connectivity index (χ0n) is 9.09. The van der Waals surface area contributed by atoms with Crippen LogP contribution < -0.4 is 0 Å². The Morgan fingerprint density at radius 2 is 1.69 bits per heavy atom. The summed E-state index contributed by atoms with van der Waals surface area (Å²) in [6.45, 7) is 8.81. The molecule has 0 aliphatic heterocycles. The number of aliphatic hydroxyl groups is 1. The minimum absolute atomic E-state index is 0.359. The van der Waals surface area contributed by atoms with Crippen molar-refractivity contribution in [3.8, 4) is 0 Å². The maximum Gasteiger partial charge on any atom is 0.311 e. The minimum atomic E-state index is -1.08. The van der Waals surface area contributed by atoms with E-state index in [1.165, 1.54) is 0 Å². The predicted molar refractivity (Wildman–Crippen MR) is 51.5 cm³/mol. The molecule has 0 fully saturated rings. The largest absolute Gasteiger partial charge is 0.481 e. The molecule has 3 nitrogen and oxygen atoms in total. The Hall–Kier alpha value is -0.570. The van der Waals surface area contributed by atoms with Crippen LogP contribution in [0.25, 0.3) is 0 Å². The number of aliphatic hydroxyl groups excluding tert-OH is 1. The highest BCUT2D eigenvalue weighted by molar-refractivity contribution is 5.74. The number of carboxylic acids is 1. The number of hydrogen-bond donors (Lipinski definition) is 2. The van der Waals surface area contributed by atoms with Gasteiger partial charge in [0.1, 0.15) is 0 Å². The third-order valence-electron chi connectivity index (χ3n) is 2.89. The molecule has 0 aromatic carbocycles. The minimum Gasteiger partial charge on any atom is -0.481 e.